The minimum Gasteiger partial charge on any atom is -0.348 e. The van der Waals surface area contributed by atoms with Crippen LogP contribution in [0, 0.1) is 11.8 Å². The molecule has 0 spiro atoms. The molecule has 28 heavy (non-hydrogen) atoms. The van der Waals surface area contributed by atoms with Gasteiger partial charge in [-0.3, -0.25) is 9.59 Å². The summed E-state index contributed by atoms with van der Waals surface area (Å²) in [4.78, 5) is 41.2. The number of rotatable bonds is 6. The molecule has 0 radical (unpaired) electrons. The highest BCUT2D eigenvalue weighted by molar-refractivity contribution is 6.06. The molecule has 7 nitrogen and oxygen atoms in total. The average Bonchev–Trinajstić information content (AvgIpc) is 3.45. The highest BCUT2D eigenvalue weighted by Crippen LogP contribution is 2.38. The van der Waals surface area contributed by atoms with Crippen LogP contribution in [0.15, 0.2) is 25.0 Å². The summed E-state index contributed by atoms with van der Waals surface area (Å²) in [5.41, 5.74) is 1.89. The van der Waals surface area contributed by atoms with E-state index in [-0.39, 0.29) is 17.7 Å². The van der Waals surface area contributed by atoms with Gasteiger partial charge >= 0.3 is 0 Å². The zero-order valence-corrected chi connectivity index (χ0v) is 16.5. The Hall–Kier alpha value is -2.70. The van der Waals surface area contributed by atoms with Gasteiger partial charge in [0.2, 0.25) is 5.91 Å². The lowest BCUT2D eigenvalue weighted by atomic mass is 10.0. The Balaban J connectivity index is 1.63. The van der Waals surface area contributed by atoms with Crippen LogP contribution < -0.4 is 4.90 Å². The van der Waals surface area contributed by atoms with Crippen LogP contribution in [0.3, 0.4) is 0 Å². The van der Waals surface area contributed by atoms with Crippen molar-refractivity contribution in [3.05, 3.63) is 30.6 Å². The van der Waals surface area contributed by atoms with Gasteiger partial charge in [-0.05, 0) is 30.8 Å². The maximum Gasteiger partial charge on any atom is 0.246 e. The van der Waals surface area contributed by atoms with Crippen LogP contribution in [0.2, 0.25) is 0 Å². The summed E-state index contributed by atoms with van der Waals surface area (Å²) in [6.07, 6.45) is 7.72. The molecule has 2 aromatic rings. The topological polar surface area (TPSA) is 82.2 Å². The molecule has 1 saturated carbocycles. The Labute approximate surface area is 164 Å². The highest BCUT2D eigenvalue weighted by atomic mass is 16.2. The number of nitrogens with zero attached hydrogens (tertiary/aromatic N) is 4. The molecule has 0 unspecified atom stereocenters. The standard InChI is InChI=1S/C21H27N5O2/c1-4-19(28)25-7-8-26(16(12-25)14-5-6-14)18-11-23-21-20(24-18)15(10-22-21)17(27)9-13(2)3/h4,10-11,13-14,16H,1,5-9,12H2,2-3H3,(H,22,23)/t16-/m0/s1. The number of anilines is 1. The summed E-state index contributed by atoms with van der Waals surface area (Å²) in [6.45, 7) is 9.71. The second-order valence-electron chi connectivity index (χ2n) is 8.24. The number of fused-ring (bicyclic) bond motifs is 1. The lowest BCUT2D eigenvalue weighted by Crippen LogP contribution is -2.55. The van der Waals surface area contributed by atoms with Crippen molar-refractivity contribution in [1.29, 1.82) is 0 Å². The number of aromatic nitrogens is 3. The summed E-state index contributed by atoms with van der Waals surface area (Å²) < 4.78 is 0. The van der Waals surface area contributed by atoms with Crippen LogP contribution in [0.4, 0.5) is 5.82 Å². The molecule has 0 bridgehead atoms. The maximum atomic E-state index is 12.6. The van der Waals surface area contributed by atoms with Crippen molar-refractivity contribution in [2.24, 2.45) is 11.8 Å². The molecule has 2 aromatic heterocycles. The molecule has 3 heterocycles. The van der Waals surface area contributed by atoms with E-state index < -0.39 is 0 Å². The van der Waals surface area contributed by atoms with E-state index in [4.69, 9.17) is 4.98 Å². The monoisotopic (exact) mass is 381 g/mol. The van der Waals surface area contributed by atoms with Gasteiger partial charge in [0.25, 0.3) is 0 Å². The van der Waals surface area contributed by atoms with E-state index in [9.17, 15) is 9.59 Å². The van der Waals surface area contributed by atoms with Crippen LogP contribution in [-0.2, 0) is 4.79 Å². The average molecular weight is 381 g/mol. The zero-order valence-electron chi connectivity index (χ0n) is 16.5. The molecule has 2 aliphatic rings. The lowest BCUT2D eigenvalue weighted by Gasteiger charge is -2.42. The van der Waals surface area contributed by atoms with Crippen LogP contribution in [0.5, 0.6) is 0 Å². The first kappa shape index (κ1) is 18.7. The van der Waals surface area contributed by atoms with Gasteiger partial charge in [-0.15, -0.1) is 0 Å². The van der Waals surface area contributed by atoms with E-state index in [1.165, 1.54) is 18.9 Å². The lowest BCUT2D eigenvalue weighted by molar-refractivity contribution is -0.126. The number of carbonyl (C=O) groups excluding carboxylic acids is 2. The van der Waals surface area contributed by atoms with Gasteiger partial charge < -0.3 is 14.8 Å². The fraction of sp³-hybridized carbons (Fsp3) is 0.524. The molecule has 1 saturated heterocycles. The Bertz CT molecular complexity index is 915. The fourth-order valence-corrected chi connectivity index (χ4v) is 4.02. The Morgan fingerprint density at radius 3 is 2.82 bits per heavy atom. The zero-order chi connectivity index (χ0) is 19.8. The maximum absolute atomic E-state index is 12.6. The molecule has 148 valence electrons. The van der Waals surface area contributed by atoms with E-state index >= 15 is 0 Å². The number of ketones is 1. The number of hydrogen-bond donors (Lipinski definition) is 1. The summed E-state index contributed by atoms with van der Waals surface area (Å²) in [6, 6.07) is 0.234. The minimum atomic E-state index is -0.0148. The Kier molecular flexibility index (Phi) is 4.91. The van der Waals surface area contributed by atoms with Crippen molar-refractivity contribution in [2.45, 2.75) is 39.2 Å². The summed E-state index contributed by atoms with van der Waals surface area (Å²) >= 11 is 0. The van der Waals surface area contributed by atoms with E-state index in [1.807, 2.05) is 18.7 Å². The van der Waals surface area contributed by atoms with Crippen molar-refractivity contribution in [1.82, 2.24) is 19.9 Å². The first-order chi connectivity index (χ1) is 13.5. The molecule has 1 aliphatic heterocycles. The number of Topliss-reactive ketones (excluding diaryl/α,β-unsaturated/α-hetero) is 1. The van der Waals surface area contributed by atoms with Crippen LogP contribution in [0.1, 0.15) is 43.5 Å². The number of nitrogens with one attached hydrogen (secondary N) is 1. The second kappa shape index (κ2) is 7.37. The van der Waals surface area contributed by atoms with E-state index in [0.717, 1.165) is 5.82 Å². The van der Waals surface area contributed by atoms with E-state index in [0.29, 0.717) is 54.6 Å². The third-order valence-electron chi connectivity index (χ3n) is 5.63. The quantitative estimate of drug-likeness (QED) is 0.615. The number of aromatic amines is 1. The third-order valence-corrected chi connectivity index (χ3v) is 5.63. The molecular weight excluding hydrogens is 354 g/mol. The molecule has 2 fully saturated rings. The SMILES string of the molecule is C=CC(=O)N1CCN(c2cnc3[nH]cc(C(=O)CC(C)C)c3n2)[C@H](C2CC2)C1. The second-order valence-corrected chi connectivity index (χ2v) is 8.24. The number of carbonyl (C=O) groups is 2. The summed E-state index contributed by atoms with van der Waals surface area (Å²) in [5, 5.41) is 0. The van der Waals surface area contributed by atoms with Gasteiger partial charge in [-0.1, -0.05) is 20.4 Å². The van der Waals surface area contributed by atoms with Crippen LogP contribution >= 0.6 is 0 Å². The van der Waals surface area contributed by atoms with Gasteiger partial charge in [-0.25, -0.2) is 9.97 Å². The van der Waals surface area contributed by atoms with E-state index in [1.54, 1.807) is 12.4 Å². The van der Waals surface area contributed by atoms with E-state index in [2.05, 4.69) is 21.4 Å². The molecule has 1 aliphatic carbocycles. The number of hydrogen-bond acceptors (Lipinski definition) is 5. The molecule has 1 atom stereocenters. The number of H-pyrrole nitrogens is 1. The van der Waals surface area contributed by atoms with Gasteiger partial charge in [0.1, 0.15) is 11.3 Å². The summed E-state index contributed by atoms with van der Waals surface area (Å²) in [5.74, 6) is 1.73. The minimum absolute atomic E-state index is 0.0148. The normalized spacial score (nSPS) is 20.0. The van der Waals surface area contributed by atoms with Crippen LogP contribution in [-0.4, -0.2) is 57.2 Å². The summed E-state index contributed by atoms with van der Waals surface area (Å²) in [7, 11) is 0. The molecule has 1 N–H and O–H groups in total. The smallest absolute Gasteiger partial charge is 0.246 e. The van der Waals surface area contributed by atoms with Crippen molar-refractivity contribution < 1.29 is 9.59 Å². The first-order valence-electron chi connectivity index (χ1n) is 10.0. The molecule has 7 heteroatoms. The van der Waals surface area contributed by atoms with Crippen molar-refractivity contribution in [3.63, 3.8) is 0 Å². The molecular formula is C21H27N5O2. The number of piperazine rings is 1. The molecule has 0 aromatic carbocycles. The fourth-order valence-electron chi connectivity index (χ4n) is 4.02. The largest absolute Gasteiger partial charge is 0.348 e. The van der Waals surface area contributed by atoms with Crippen molar-refractivity contribution in [3.8, 4) is 0 Å². The predicted octanol–water partition coefficient (Wildman–Crippen LogP) is 2.80. The van der Waals surface area contributed by atoms with Gasteiger partial charge in [0, 0.05) is 32.3 Å². The third kappa shape index (κ3) is 3.53. The number of amides is 1. The van der Waals surface area contributed by atoms with Gasteiger partial charge in [0.05, 0.1) is 17.8 Å². The van der Waals surface area contributed by atoms with Crippen LogP contribution in [0.25, 0.3) is 11.2 Å². The van der Waals surface area contributed by atoms with Gasteiger partial charge in [-0.2, -0.15) is 0 Å². The Morgan fingerprint density at radius 1 is 1.36 bits per heavy atom. The van der Waals surface area contributed by atoms with Gasteiger partial charge in [0.15, 0.2) is 11.4 Å². The van der Waals surface area contributed by atoms with Crippen molar-refractivity contribution in [2.75, 3.05) is 24.5 Å². The first-order valence-corrected chi connectivity index (χ1v) is 10.0. The van der Waals surface area contributed by atoms with Crippen molar-refractivity contribution >= 4 is 28.7 Å². The molecule has 4 rings (SSSR count). The highest BCUT2D eigenvalue weighted by Gasteiger charge is 2.40. The Morgan fingerprint density at radius 2 is 2.14 bits per heavy atom. The molecule has 1 amide bonds. The predicted molar refractivity (Wildman–Crippen MR) is 108 cm³/mol.